The molecule has 10 nitrogen and oxygen atoms in total. The summed E-state index contributed by atoms with van der Waals surface area (Å²) in [6.07, 6.45) is -0.0121. The Bertz CT molecular complexity index is 1090. The number of hydrogen-bond acceptors (Lipinski definition) is 7. The molecule has 3 N–H and O–H groups in total. The number of piperazine rings is 1. The lowest BCUT2D eigenvalue weighted by Gasteiger charge is -2.30. The minimum Gasteiger partial charge on any atom is -0.383 e. The Labute approximate surface area is 237 Å². The van der Waals surface area contributed by atoms with Crippen molar-refractivity contribution in [2.45, 2.75) is 78.1 Å². The van der Waals surface area contributed by atoms with Gasteiger partial charge < -0.3 is 30.4 Å². The maximum absolute atomic E-state index is 13.8. The van der Waals surface area contributed by atoms with Crippen LogP contribution in [-0.4, -0.2) is 102 Å². The molecule has 1 aromatic carbocycles. The molecule has 4 atom stereocenters. The third-order valence-electron chi connectivity index (χ3n) is 8.00. The number of aliphatic hydroxyl groups excluding tert-OH is 1. The van der Waals surface area contributed by atoms with Gasteiger partial charge in [0.25, 0.3) is 11.8 Å². The van der Waals surface area contributed by atoms with Gasteiger partial charge in [0.2, 0.25) is 5.91 Å². The van der Waals surface area contributed by atoms with Crippen molar-refractivity contribution >= 4 is 29.2 Å². The summed E-state index contributed by atoms with van der Waals surface area (Å²) in [6, 6.07) is 5.44. The molecule has 0 aromatic heterocycles. The van der Waals surface area contributed by atoms with E-state index in [0.29, 0.717) is 24.9 Å². The van der Waals surface area contributed by atoms with E-state index < -0.39 is 30.1 Å². The minimum absolute atomic E-state index is 0.111. The molecule has 3 aliphatic rings. The zero-order chi connectivity index (χ0) is 29.2. The van der Waals surface area contributed by atoms with Crippen molar-refractivity contribution in [2.75, 3.05) is 44.2 Å². The first-order valence-corrected chi connectivity index (χ1v) is 14.5. The highest BCUT2D eigenvalue weighted by molar-refractivity contribution is 6.01. The third-order valence-corrected chi connectivity index (χ3v) is 8.00. The summed E-state index contributed by atoms with van der Waals surface area (Å²) in [4.78, 5) is 58.4. The number of amides is 3. The van der Waals surface area contributed by atoms with E-state index in [4.69, 9.17) is 0 Å². The molecule has 4 rings (SSSR count). The first kappa shape index (κ1) is 30.0. The van der Waals surface area contributed by atoms with Crippen LogP contribution in [0.25, 0.3) is 0 Å². The molecular weight excluding hydrogens is 510 g/mol. The second-order valence-corrected chi connectivity index (χ2v) is 13.0. The van der Waals surface area contributed by atoms with Crippen molar-refractivity contribution in [1.82, 2.24) is 20.4 Å². The highest BCUT2D eigenvalue weighted by atomic mass is 16.3. The van der Waals surface area contributed by atoms with Gasteiger partial charge in [-0.1, -0.05) is 34.6 Å². The minimum atomic E-state index is -1.19. The summed E-state index contributed by atoms with van der Waals surface area (Å²) in [5.74, 6) is -1.16. The van der Waals surface area contributed by atoms with E-state index in [2.05, 4.69) is 15.5 Å². The Morgan fingerprint density at radius 2 is 1.68 bits per heavy atom. The molecule has 0 spiro atoms. The molecule has 40 heavy (non-hydrogen) atoms. The Morgan fingerprint density at radius 1 is 1.02 bits per heavy atom. The molecule has 10 heteroatoms. The molecule has 3 aliphatic heterocycles. The van der Waals surface area contributed by atoms with Gasteiger partial charge in [-0.2, -0.15) is 0 Å². The van der Waals surface area contributed by atoms with Crippen LogP contribution in [0.3, 0.4) is 0 Å². The van der Waals surface area contributed by atoms with Gasteiger partial charge in [0.15, 0.2) is 5.78 Å². The standard InChI is InChI=1S/C30H45N5O5/c1-19(2)16-22(32-27(38)20-6-8-21(9-7-20)33-14-11-31-12-15-33)28(39)34-13-10-23-26(34)25(37)18-35(23)29(40)24(36)17-30(3,4)5/h6-9,19,22-24,26,31,36H,10-18H2,1-5H3,(H,32,38). The number of fused-ring (bicyclic) bond motifs is 1. The van der Waals surface area contributed by atoms with Gasteiger partial charge in [-0.15, -0.1) is 0 Å². The maximum Gasteiger partial charge on any atom is 0.252 e. The van der Waals surface area contributed by atoms with Gasteiger partial charge in [-0.05, 0) is 54.9 Å². The summed E-state index contributed by atoms with van der Waals surface area (Å²) in [7, 11) is 0. The van der Waals surface area contributed by atoms with Crippen LogP contribution in [0, 0.1) is 11.3 Å². The third kappa shape index (κ3) is 6.83. The monoisotopic (exact) mass is 555 g/mol. The Hall–Kier alpha value is -2.98. The number of nitrogens with one attached hydrogen (secondary N) is 2. The topological polar surface area (TPSA) is 122 Å². The quantitative estimate of drug-likeness (QED) is 0.444. The fourth-order valence-electron chi connectivity index (χ4n) is 6.10. The smallest absolute Gasteiger partial charge is 0.252 e. The summed E-state index contributed by atoms with van der Waals surface area (Å²) >= 11 is 0. The average Bonchev–Trinajstić information content (AvgIpc) is 3.48. The number of carbonyl (C=O) groups excluding carboxylic acids is 4. The largest absolute Gasteiger partial charge is 0.383 e. The van der Waals surface area contributed by atoms with Crippen molar-refractivity contribution in [3.63, 3.8) is 0 Å². The fraction of sp³-hybridized carbons (Fsp3) is 0.667. The molecular formula is C30H45N5O5. The summed E-state index contributed by atoms with van der Waals surface area (Å²) in [5.41, 5.74) is 1.28. The van der Waals surface area contributed by atoms with Crippen LogP contribution in [0.1, 0.15) is 64.2 Å². The maximum atomic E-state index is 13.8. The van der Waals surface area contributed by atoms with Gasteiger partial charge in [-0.25, -0.2) is 0 Å². The molecule has 4 unspecified atom stereocenters. The first-order chi connectivity index (χ1) is 18.9. The second kappa shape index (κ2) is 12.3. The van der Waals surface area contributed by atoms with Crippen LogP contribution in [-0.2, 0) is 14.4 Å². The van der Waals surface area contributed by atoms with Crippen LogP contribution in [0.15, 0.2) is 24.3 Å². The Kier molecular flexibility index (Phi) is 9.19. The van der Waals surface area contributed by atoms with E-state index in [1.165, 1.54) is 9.80 Å². The van der Waals surface area contributed by atoms with E-state index in [1.807, 2.05) is 46.8 Å². The van der Waals surface area contributed by atoms with Gasteiger partial charge in [-0.3, -0.25) is 19.2 Å². The number of ketones is 1. The second-order valence-electron chi connectivity index (χ2n) is 13.0. The average molecular weight is 556 g/mol. The van der Waals surface area contributed by atoms with Crippen molar-refractivity contribution in [3.05, 3.63) is 29.8 Å². The number of aliphatic hydroxyl groups is 1. The molecule has 1 aromatic rings. The molecule has 0 radical (unpaired) electrons. The van der Waals surface area contributed by atoms with Gasteiger partial charge in [0, 0.05) is 44.0 Å². The predicted molar refractivity (Wildman–Crippen MR) is 153 cm³/mol. The van der Waals surface area contributed by atoms with Crippen molar-refractivity contribution < 1.29 is 24.3 Å². The predicted octanol–water partition coefficient (Wildman–Crippen LogP) is 1.42. The molecule has 220 valence electrons. The van der Waals surface area contributed by atoms with Crippen LogP contribution < -0.4 is 15.5 Å². The van der Waals surface area contributed by atoms with Gasteiger partial charge in [0.05, 0.1) is 12.6 Å². The highest BCUT2D eigenvalue weighted by Gasteiger charge is 2.53. The number of likely N-dealkylation sites (tertiary alicyclic amines) is 2. The highest BCUT2D eigenvalue weighted by Crippen LogP contribution is 2.32. The lowest BCUT2D eigenvalue weighted by atomic mass is 9.89. The van der Waals surface area contributed by atoms with Gasteiger partial charge >= 0.3 is 0 Å². The molecule has 0 saturated carbocycles. The van der Waals surface area contributed by atoms with E-state index >= 15 is 0 Å². The zero-order valence-corrected chi connectivity index (χ0v) is 24.5. The SMILES string of the molecule is CC(C)CC(NC(=O)c1ccc(N2CCNCC2)cc1)C(=O)N1CCC2C1C(=O)CN2C(=O)C(O)CC(C)(C)C. The summed E-state index contributed by atoms with van der Waals surface area (Å²) in [6.45, 7) is 13.7. The lowest BCUT2D eigenvalue weighted by Crippen LogP contribution is -2.53. The van der Waals surface area contributed by atoms with Crippen LogP contribution in [0.4, 0.5) is 5.69 Å². The van der Waals surface area contributed by atoms with E-state index in [1.54, 1.807) is 12.1 Å². The normalized spacial score (nSPS) is 22.9. The van der Waals surface area contributed by atoms with Crippen LogP contribution in [0.2, 0.25) is 0 Å². The number of nitrogens with zero attached hydrogens (tertiary/aromatic N) is 3. The molecule has 3 saturated heterocycles. The van der Waals surface area contributed by atoms with Gasteiger partial charge in [0.1, 0.15) is 18.2 Å². The van der Waals surface area contributed by atoms with Crippen molar-refractivity contribution in [3.8, 4) is 0 Å². The van der Waals surface area contributed by atoms with E-state index in [0.717, 1.165) is 31.9 Å². The van der Waals surface area contributed by atoms with Crippen LogP contribution in [0.5, 0.6) is 0 Å². The Balaban J connectivity index is 1.44. The molecule has 3 fully saturated rings. The zero-order valence-electron chi connectivity index (χ0n) is 24.5. The van der Waals surface area contributed by atoms with Crippen LogP contribution >= 0.6 is 0 Å². The number of carbonyl (C=O) groups is 4. The first-order valence-electron chi connectivity index (χ1n) is 14.5. The molecule has 3 amide bonds. The van der Waals surface area contributed by atoms with E-state index in [9.17, 15) is 24.3 Å². The molecule has 3 heterocycles. The molecule has 0 bridgehead atoms. The van der Waals surface area contributed by atoms with Crippen molar-refractivity contribution in [1.29, 1.82) is 0 Å². The number of hydrogen-bond donors (Lipinski definition) is 3. The molecule has 0 aliphatic carbocycles. The van der Waals surface area contributed by atoms with E-state index in [-0.39, 0.29) is 41.9 Å². The summed E-state index contributed by atoms with van der Waals surface area (Å²) in [5, 5.41) is 16.8. The number of benzene rings is 1. The Morgan fingerprint density at radius 3 is 2.27 bits per heavy atom. The summed E-state index contributed by atoms with van der Waals surface area (Å²) < 4.78 is 0. The number of rotatable bonds is 8. The van der Waals surface area contributed by atoms with Crippen molar-refractivity contribution in [2.24, 2.45) is 11.3 Å². The number of anilines is 1. The fourth-order valence-corrected chi connectivity index (χ4v) is 6.10. The number of Topliss-reactive ketones (excluding diaryl/α,β-unsaturated/α-hetero) is 1. The lowest BCUT2D eigenvalue weighted by molar-refractivity contribution is -0.143.